The van der Waals surface area contributed by atoms with Crippen molar-refractivity contribution in [3.63, 3.8) is 0 Å². The van der Waals surface area contributed by atoms with Crippen LogP contribution in [0, 0.1) is 19.8 Å². The molecule has 1 atom stereocenters. The molecule has 0 aliphatic rings. The summed E-state index contributed by atoms with van der Waals surface area (Å²) in [5.74, 6) is 1.03. The van der Waals surface area contributed by atoms with Gasteiger partial charge in [0.1, 0.15) is 5.75 Å². The second kappa shape index (κ2) is 5.87. The maximum Gasteiger partial charge on any atom is 0.119 e. The Labute approximate surface area is 97.2 Å². The molecule has 0 fully saturated rings. The number of aliphatic hydroxyl groups is 1. The molecule has 1 aromatic carbocycles. The summed E-state index contributed by atoms with van der Waals surface area (Å²) in [5, 5.41) is 9.17. The number of ether oxygens (including phenoxy) is 1. The van der Waals surface area contributed by atoms with Gasteiger partial charge in [-0.2, -0.15) is 0 Å². The summed E-state index contributed by atoms with van der Waals surface area (Å²) in [6, 6.07) is 4.04. The largest absolute Gasteiger partial charge is 0.497 e. The Morgan fingerprint density at radius 1 is 1.31 bits per heavy atom. The van der Waals surface area contributed by atoms with Crippen LogP contribution >= 0.6 is 0 Å². The molecule has 0 spiro atoms. The molecular weight excluding hydrogens is 202 g/mol. The van der Waals surface area contributed by atoms with Crippen molar-refractivity contribution in [2.75, 3.05) is 20.3 Å². The maximum absolute atomic E-state index is 9.17. The third-order valence-corrected chi connectivity index (χ3v) is 2.99. The molecule has 3 N–H and O–H groups in total. The lowest BCUT2D eigenvalue weighted by atomic mass is 9.93. The van der Waals surface area contributed by atoms with Crippen LogP contribution in [0.25, 0.3) is 0 Å². The quantitative estimate of drug-likeness (QED) is 0.793. The Bertz CT molecular complexity index is 323. The Balaban J connectivity index is 2.95. The molecule has 16 heavy (non-hydrogen) atoms. The number of nitrogens with two attached hydrogens (primary N) is 1. The minimum absolute atomic E-state index is 0.140. The first-order valence-corrected chi connectivity index (χ1v) is 5.57. The SMILES string of the molecule is COc1cc(C)c(CC(CN)CO)c(C)c1. The average molecular weight is 223 g/mol. The number of hydrogen-bond donors (Lipinski definition) is 2. The van der Waals surface area contributed by atoms with Gasteiger partial charge in [-0.05, 0) is 61.6 Å². The normalized spacial score (nSPS) is 12.6. The third kappa shape index (κ3) is 2.97. The smallest absolute Gasteiger partial charge is 0.119 e. The minimum Gasteiger partial charge on any atom is -0.497 e. The second-order valence-corrected chi connectivity index (χ2v) is 4.23. The monoisotopic (exact) mass is 223 g/mol. The van der Waals surface area contributed by atoms with Gasteiger partial charge in [0, 0.05) is 6.61 Å². The van der Waals surface area contributed by atoms with Gasteiger partial charge >= 0.3 is 0 Å². The van der Waals surface area contributed by atoms with Crippen molar-refractivity contribution in [1.82, 2.24) is 0 Å². The van der Waals surface area contributed by atoms with Crippen molar-refractivity contribution in [2.45, 2.75) is 20.3 Å². The molecule has 1 rings (SSSR count). The topological polar surface area (TPSA) is 55.5 Å². The van der Waals surface area contributed by atoms with Crippen molar-refractivity contribution in [3.05, 3.63) is 28.8 Å². The highest BCUT2D eigenvalue weighted by Gasteiger charge is 2.11. The summed E-state index contributed by atoms with van der Waals surface area (Å²) in [5.41, 5.74) is 9.27. The molecule has 1 unspecified atom stereocenters. The fraction of sp³-hybridized carbons (Fsp3) is 0.538. The van der Waals surface area contributed by atoms with Crippen molar-refractivity contribution >= 4 is 0 Å². The molecule has 0 bridgehead atoms. The lowest BCUT2D eigenvalue weighted by Crippen LogP contribution is -2.21. The van der Waals surface area contributed by atoms with Crippen LogP contribution < -0.4 is 10.5 Å². The van der Waals surface area contributed by atoms with Gasteiger partial charge < -0.3 is 15.6 Å². The molecule has 0 aliphatic heterocycles. The lowest BCUT2D eigenvalue weighted by molar-refractivity contribution is 0.229. The maximum atomic E-state index is 9.17. The lowest BCUT2D eigenvalue weighted by Gasteiger charge is -2.16. The standard InChI is InChI=1S/C13H21NO2/c1-9-4-12(16-3)5-10(2)13(9)6-11(7-14)8-15/h4-5,11,15H,6-8,14H2,1-3H3. The number of rotatable bonds is 5. The zero-order valence-corrected chi connectivity index (χ0v) is 10.3. The van der Waals surface area contributed by atoms with Crippen LogP contribution in [0.1, 0.15) is 16.7 Å². The molecule has 3 nitrogen and oxygen atoms in total. The van der Waals surface area contributed by atoms with Crippen LogP contribution in [0.4, 0.5) is 0 Å². The summed E-state index contributed by atoms with van der Waals surface area (Å²) in [7, 11) is 1.67. The summed E-state index contributed by atoms with van der Waals surface area (Å²) < 4.78 is 5.21. The minimum atomic E-state index is 0.140. The van der Waals surface area contributed by atoms with Crippen LogP contribution in [0.5, 0.6) is 5.75 Å². The molecule has 0 aliphatic carbocycles. The van der Waals surface area contributed by atoms with Crippen LogP contribution in [0.2, 0.25) is 0 Å². The Morgan fingerprint density at radius 3 is 2.25 bits per heavy atom. The van der Waals surface area contributed by atoms with Crippen LogP contribution in [0.3, 0.4) is 0 Å². The Hall–Kier alpha value is -1.06. The van der Waals surface area contributed by atoms with E-state index in [0.717, 1.165) is 12.2 Å². The summed E-state index contributed by atoms with van der Waals surface area (Å²) in [6.07, 6.45) is 0.828. The molecule has 0 saturated carbocycles. The van der Waals surface area contributed by atoms with Gasteiger partial charge in [-0.3, -0.25) is 0 Å². The van der Waals surface area contributed by atoms with Gasteiger partial charge in [-0.1, -0.05) is 0 Å². The zero-order valence-electron chi connectivity index (χ0n) is 10.3. The van der Waals surface area contributed by atoms with Crippen molar-refractivity contribution in [1.29, 1.82) is 0 Å². The molecule has 0 radical (unpaired) electrons. The van der Waals surface area contributed by atoms with Gasteiger partial charge in [0.25, 0.3) is 0 Å². The number of aryl methyl sites for hydroxylation is 2. The van der Waals surface area contributed by atoms with Gasteiger partial charge in [-0.25, -0.2) is 0 Å². The van der Waals surface area contributed by atoms with E-state index >= 15 is 0 Å². The van der Waals surface area contributed by atoms with E-state index in [0.29, 0.717) is 6.54 Å². The van der Waals surface area contributed by atoms with E-state index in [4.69, 9.17) is 15.6 Å². The van der Waals surface area contributed by atoms with Gasteiger partial charge in [0.15, 0.2) is 0 Å². The van der Waals surface area contributed by atoms with E-state index in [1.165, 1.54) is 16.7 Å². The van der Waals surface area contributed by atoms with Crippen LogP contribution in [-0.4, -0.2) is 25.4 Å². The van der Waals surface area contributed by atoms with Gasteiger partial charge in [-0.15, -0.1) is 0 Å². The molecule has 0 saturated heterocycles. The fourth-order valence-electron chi connectivity index (χ4n) is 1.90. The number of benzene rings is 1. The van der Waals surface area contributed by atoms with Gasteiger partial charge in [0.05, 0.1) is 7.11 Å². The zero-order chi connectivity index (χ0) is 12.1. The first kappa shape index (κ1) is 13.0. The predicted molar refractivity (Wildman–Crippen MR) is 65.8 cm³/mol. The van der Waals surface area contributed by atoms with E-state index in [1.807, 2.05) is 12.1 Å². The van der Waals surface area contributed by atoms with Crippen molar-refractivity contribution in [2.24, 2.45) is 11.7 Å². The molecule has 3 heteroatoms. The summed E-state index contributed by atoms with van der Waals surface area (Å²) in [4.78, 5) is 0. The number of hydrogen-bond acceptors (Lipinski definition) is 3. The molecular formula is C13H21NO2. The van der Waals surface area contributed by atoms with Gasteiger partial charge in [0.2, 0.25) is 0 Å². The van der Waals surface area contributed by atoms with E-state index in [1.54, 1.807) is 7.11 Å². The van der Waals surface area contributed by atoms with Crippen molar-refractivity contribution in [3.8, 4) is 5.75 Å². The predicted octanol–water partition coefficient (Wildman–Crippen LogP) is 1.42. The molecule has 1 aromatic rings. The van der Waals surface area contributed by atoms with E-state index < -0.39 is 0 Å². The molecule has 0 aromatic heterocycles. The van der Waals surface area contributed by atoms with E-state index in [9.17, 15) is 0 Å². The van der Waals surface area contributed by atoms with E-state index in [2.05, 4.69) is 13.8 Å². The summed E-state index contributed by atoms with van der Waals surface area (Å²) in [6.45, 7) is 4.79. The molecule has 0 amide bonds. The summed E-state index contributed by atoms with van der Waals surface area (Å²) >= 11 is 0. The highest BCUT2D eigenvalue weighted by Crippen LogP contribution is 2.23. The Morgan fingerprint density at radius 2 is 1.88 bits per heavy atom. The van der Waals surface area contributed by atoms with Crippen LogP contribution in [-0.2, 0) is 6.42 Å². The molecule has 90 valence electrons. The van der Waals surface area contributed by atoms with Crippen molar-refractivity contribution < 1.29 is 9.84 Å². The highest BCUT2D eigenvalue weighted by atomic mass is 16.5. The average Bonchev–Trinajstić information content (AvgIpc) is 2.28. The first-order valence-electron chi connectivity index (χ1n) is 5.57. The molecule has 0 heterocycles. The third-order valence-electron chi connectivity index (χ3n) is 2.99. The van der Waals surface area contributed by atoms with E-state index in [-0.39, 0.29) is 12.5 Å². The van der Waals surface area contributed by atoms with Crippen LogP contribution in [0.15, 0.2) is 12.1 Å². The number of methoxy groups -OCH3 is 1. The number of aliphatic hydroxyl groups excluding tert-OH is 1. The fourth-order valence-corrected chi connectivity index (χ4v) is 1.90. The highest BCUT2D eigenvalue weighted by molar-refractivity contribution is 5.41. The second-order valence-electron chi connectivity index (χ2n) is 4.23. The Kier molecular flexibility index (Phi) is 4.77. The first-order chi connectivity index (χ1) is 7.62.